The molecule has 1 aliphatic heterocycles. The van der Waals surface area contributed by atoms with Gasteiger partial charge in [-0.15, -0.1) is 0 Å². The zero-order chi connectivity index (χ0) is 14.9. The normalized spacial score (nSPS) is 14.7. The summed E-state index contributed by atoms with van der Waals surface area (Å²) < 4.78 is 5.37. The number of amides is 1. The standard InChI is InChI=1S/C15H19NO4/c1-15(2,3)20-14(19)16-6-4-5-10-7-11(9-17)13(18)8-12(10)16/h7-9,18H,4-6H2,1-3H3. The van der Waals surface area contributed by atoms with Crippen LogP contribution in [0.2, 0.25) is 0 Å². The molecule has 0 spiro atoms. The second-order valence-corrected chi connectivity index (χ2v) is 5.89. The molecular weight excluding hydrogens is 258 g/mol. The summed E-state index contributed by atoms with van der Waals surface area (Å²) in [5, 5.41) is 9.79. The first-order valence-corrected chi connectivity index (χ1v) is 6.63. The quantitative estimate of drug-likeness (QED) is 0.801. The van der Waals surface area contributed by atoms with E-state index in [2.05, 4.69) is 0 Å². The fourth-order valence-electron chi connectivity index (χ4n) is 2.24. The van der Waals surface area contributed by atoms with Gasteiger partial charge in [0.05, 0.1) is 11.3 Å². The van der Waals surface area contributed by atoms with Crippen LogP contribution in [0.5, 0.6) is 5.75 Å². The molecular formula is C15H19NO4. The van der Waals surface area contributed by atoms with Crippen LogP contribution in [-0.4, -0.2) is 29.6 Å². The Bertz CT molecular complexity index is 546. The fourth-order valence-corrected chi connectivity index (χ4v) is 2.24. The topological polar surface area (TPSA) is 66.8 Å². The molecule has 1 N–H and O–H groups in total. The van der Waals surface area contributed by atoms with E-state index in [9.17, 15) is 14.7 Å². The highest BCUT2D eigenvalue weighted by Crippen LogP contribution is 2.33. The molecule has 2 rings (SSSR count). The zero-order valence-electron chi connectivity index (χ0n) is 12.0. The van der Waals surface area contributed by atoms with Gasteiger partial charge in [0, 0.05) is 12.6 Å². The second kappa shape index (κ2) is 5.15. The number of aryl methyl sites for hydroxylation is 1. The minimum Gasteiger partial charge on any atom is -0.507 e. The maximum absolute atomic E-state index is 12.2. The van der Waals surface area contributed by atoms with Gasteiger partial charge in [-0.25, -0.2) is 4.79 Å². The largest absolute Gasteiger partial charge is 0.507 e. The predicted octanol–water partition coefficient (Wildman–Crippen LogP) is 2.89. The number of ether oxygens (including phenoxy) is 1. The van der Waals surface area contributed by atoms with Gasteiger partial charge in [-0.2, -0.15) is 0 Å². The summed E-state index contributed by atoms with van der Waals surface area (Å²) >= 11 is 0. The summed E-state index contributed by atoms with van der Waals surface area (Å²) in [5.74, 6) is -0.116. The van der Waals surface area contributed by atoms with E-state index in [-0.39, 0.29) is 11.3 Å². The molecule has 0 unspecified atom stereocenters. The predicted molar refractivity (Wildman–Crippen MR) is 75.4 cm³/mol. The Kier molecular flexibility index (Phi) is 3.70. The molecule has 0 saturated heterocycles. The van der Waals surface area contributed by atoms with Gasteiger partial charge >= 0.3 is 6.09 Å². The Morgan fingerprint density at radius 3 is 2.70 bits per heavy atom. The van der Waals surface area contributed by atoms with Gasteiger partial charge in [0.2, 0.25) is 0 Å². The number of phenols is 1. The Labute approximate surface area is 118 Å². The highest BCUT2D eigenvalue weighted by atomic mass is 16.6. The number of hydrogen-bond acceptors (Lipinski definition) is 4. The van der Waals surface area contributed by atoms with Crippen molar-refractivity contribution in [3.05, 3.63) is 23.3 Å². The van der Waals surface area contributed by atoms with Crippen molar-refractivity contribution in [2.45, 2.75) is 39.2 Å². The van der Waals surface area contributed by atoms with Crippen molar-refractivity contribution in [3.8, 4) is 5.75 Å². The van der Waals surface area contributed by atoms with Crippen molar-refractivity contribution < 1.29 is 19.4 Å². The van der Waals surface area contributed by atoms with Gasteiger partial charge in [-0.05, 0) is 45.2 Å². The maximum atomic E-state index is 12.2. The Morgan fingerprint density at radius 2 is 2.10 bits per heavy atom. The Hall–Kier alpha value is -2.04. The lowest BCUT2D eigenvalue weighted by Crippen LogP contribution is -2.39. The third-order valence-electron chi connectivity index (χ3n) is 3.09. The van der Waals surface area contributed by atoms with Crippen LogP contribution in [-0.2, 0) is 11.2 Å². The first-order valence-electron chi connectivity index (χ1n) is 6.63. The van der Waals surface area contributed by atoms with Gasteiger partial charge in [-0.3, -0.25) is 9.69 Å². The van der Waals surface area contributed by atoms with Gasteiger partial charge < -0.3 is 9.84 Å². The number of nitrogens with zero attached hydrogens (tertiary/aromatic N) is 1. The van der Waals surface area contributed by atoms with Gasteiger partial charge in [0.25, 0.3) is 0 Å². The minimum absolute atomic E-state index is 0.116. The summed E-state index contributed by atoms with van der Waals surface area (Å²) in [5.41, 5.74) is 1.17. The van der Waals surface area contributed by atoms with Crippen molar-refractivity contribution in [1.29, 1.82) is 0 Å². The van der Waals surface area contributed by atoms with Crippen molar-refractivity contribution in [2.24, 2.45) is 0 Å². The van der Waals surface area contributed by atoms with Crippen LogP contribution in [0.1, 0.15) is 43.1 Å². The highest BCUT2D eigenvalue weighted by molar-refractivity contribution is 5.91. The summed E-state index contributed by atoms with van der Waals surface area (Å²) in [7, 11) is 0. The van der Waals surface area contributed by atoms with E-state index in [1.54, 1.807) is 6.07 Å². The van der Waals surface area contributed by atoms with Gasteiger partial charge in [-0.1, -0.05) is 0 Å². The van der Waals surface area contributed by atoms with E-state index in [0.717, 1.165) is 18.4 Å². The van der Waals surface area contributed by atoms with E-state index in [0.29, 0.717) is 18.5 Å². The van der Waals surface area contributed by atoms with Crippen LogP contribution < -0.4 is 4.90 Å². The van der Waals surface area contributed by atoms with Crippen LogP contribution in [0.3, 0.4) is 0 Å². The van der Waals surface area contributed by atoms with Gasteiger partial charge in [0.15, 0.2) is 6.29 Å². The molecule has 0 atom stereocenters. The number of phenolic OH excluding ortho intramolecular Hbond substituents is 1. The van der Waals surface area contributed by atoms with Crippen LogP contribution >= 0.6 is 0 Å². The van der Waals surface area contributed by atoms with Gasteiger partial charge in [0.1, 0.15) is 11.4 Å². The average molecular weight is 277 g/mol. The summed E-state index contributed by atoms with van der Waals surface area (Å²) in [6.45, 7) is 5.97. The molecule has 1 aliphatic rings. The van der Waals surface area contributed by atoms with E-state index in [1.165, 1.54) is 11.0 Å². The first-order chi connectivity index (χ1) is 9.31. The molecule has 0 aliphatic carbocycles. The molecule has 5 heteroatoms. The van der Waals surface area contributed by atoms with Crippen LogP contribution in [0.15, 0.2) is 12.1 Å². The van der Waals surface area contributed by atoms with E-state index < -0.39 is 11.7 Å². The number of hydrogen-bond donors (Lipinski definition) is 1. The summed E-state index contributed by atoms with van der Waals surface area (Å²) in [6, 6.07) is 3.09. The lowest BCUT2D eigenvalue weighted by atomic mass is 9.99. The number of benzene rings is 1. The lowest BCUT2D eigenvalue weighted by molar-refractivity contribution is 0.0578. The molecule has 1 aromatic rings. The SMILES string of the molecule is CC(C)(C)OC(=O)N1CCCc2cc(C=O)c(O)cc21. The summed E-state index contributed by atoms with van der Waals surface area (Å²) in [4.78, 5) is 24.6. The van der Waals surface area contributed by atoms with E-state index in [1.807, 2.05) is 20.8 Å². The van der Waals surface area contributed by atoms with Crippen LogP contribution in [0, 0.1) is 0 Å². The first kappa shape index (κ1) is 14.4. The number of carbonyl (C=O) groups is 2. The molecule has 108 valence electrons. The van der Waals surface area contributed by atoms with Crippen molar-refractivity contribution in [1.82, 2.24) is 0 Å². The van der Waals surface area contributed by atoms with Crippen LogP contribution in [0.4, 0.5) is 10.5 Å². The monoisotopic (exact) mass is 277 g/mol. The minimum atomic E-state index is -0.570. The Morgan fingerprint density at radius 1 is 1.40 bits per heavy atom. The fraction of sp³-hybridized carbons (Fsp3) is 0.467. The van der Waals surface area contributed by atoms with Crippen LogP contribution in [0.25, 0.3) is 0 Å². The number of aromatic hydroxyl groups is 1. The maximum Gasteiger partial charge on any atom is 0.414 e. The zero-order valence-corrected chi connectivity index (χ0v) is 12.0. The number of aldehydes is 1. The molecule has 5 nitrogen and oxygen atoms in total. The van der Waals surface area contributed by atoms with Crippen molar-refractivity contribution in [3.63, 3.8) is 0 Å². The lowest BCUT2D eigenvalue weighted by Gasteiger charge is -2.32. The van der Waals surface area contributed by atoms with E-state index >= 15 is 0 Å². The third-order valence-corrected chi connectivity index (χ3v) is 3.09. The number of fused-ring (bicyclic) bond motifs is 1. The third kappa shape index (κ3) is 2.92. The molecule has 1 amide bonds. The molecule has 0 saturated carbocycles. The number of rotatable bonds is 1. The number of carbonyl (C=O) groups excluding carboxylic acids is 2. The molecule has 1 heterocycles. The van der Waals surface area contributed by atoms with Crippen molar-refractivity contribution >= 4 is 18.1 Å². The smallest absolute Gasteiger partial charge is 0.414 e. The molecule has 0 bridgehead atoms. The molecule has 20 heavy (non-hydrogen) atoms. The average Bonchev–Trinajstić information content (AvgIpc) is 2.35. The molecule has 0 fully saturated rings. The van der Waals surface area contributed by atoms with E-state index in [4.69, 9.17) is 4.74 Å². The summed E-state index contributed by atoms with van der Waals surface area (Å²) in [6.07, 6.45) is 1.75. The Balaban J connectivity index is 2.35. The van der Waals surface area contributed by atoms with Crippen molar-refractivity contribution in [2.75, 3.05) is 11.4 Å². The molecule has 0 aromatic heterocycles. The number of anilines is 1. The highest BCUT2D eigenvalue weighted by Gasteiger charge is 2.28. The molecule has 0 radical (unpaired) electrons. The molecule has 1 aromatic carbocycles. The second-order valence-electron chi connectivity index (χ2n) is 5.89.